The molecule has 7 heteroatoms. The van der Waals surface area contributed by atoms with Crippen molar-refractivity contribution in [3.05, 3.63) is 82.8 Å². The SMILES string of the molecule is O=C(/C=C/c1ccccc1)n1nc(-c2ccco2)nc1NCc1cccs1. The van der Waals surface area contributed by atoms with Gasteiger partial charge in [0.2, 0.25) is 11.8 Å². The number of allylic oxidation sites excluding steroid dienone is 1. The molecule has 0 unspecified atom stereocenters. The summed E-state index contributed by atoms with van der Waals surface area (Å²) in [7, 11) is 0. The third-order valence-corrected chi connectivity index (χ3v) is 4.65. The lowest BCUT2D eigenvalue weighted by Crippen LogP contribution is -2.14. The first-order valence-corrected chi connectivity index (χ1v) is 9.22. The van der Waals surface area contributed by atoms with Crippen LogP contribution >= 0.6 is 11.3 Å². The van der Waals surface area contributed by atoms with Crippen molar-refractivity contribution < 1.29 is 9.21 Å². The second-order valence-corrected chi connectivity index (χ2v) is 6.70. The first kappa shape index (κ1) is 17.0. The van der Waals surface area contributed by atoms with Crippen LogP contribution in [0.5, 0.6) is 0 Å². The van der Waals surface area contributed by atoms with Crippen LogP contribution in [0.1, 0.15) is 15.2 Å². The molecule has 27 heavy (non-hydrogen) atoms. The van der Waals surface area contributed by atoms with E-state index in [1.807, 2.05) is 47.8 Å². The zero-order valence-electron chi connectivity index (χ0n) is 14.3. The van der Waals surface area contributed by atoms with Crippen molar-refractivity contribution in [3.8, 4) is 11.6 Å². The Bertz CT molecular complexity index is 1040. The van der Waals surface area contributed by atoms with E-state index in [9.17, 15) is 4.79 Å². The number of furan rings is 1. The summed E-state index contributed by atoms with van der Waals surface area (Å²) in [6.07, 6.45) is 4.78. The molecule has 0 saturated carbocycles. The van der Waals surface area contributed by atoms with Crippen molar-refractivity contribution in [1.82, 2.24) is 14.8 Å². The molecule has 4 rings (SSSR count). The van der Waals surface area contributed by atoms with Gasteiger partial charge in [-0.15, -0.1) is 16.4 Å². The van der Waals surface area contributed by atoms with Gasteiger partial charge >= 0.3 is 0 Å². The van der Waals surface area contributed by atoms with Gasteiger partial charge in [-0.05, 0) is 35.2 Å². The summed E-state index contributed by atoms with van der Waals surface area (Å²) in [6, 6.07) is 17.1. The standard InChI is InChI=1S/C20H16N4O2S/c25-18(11-10-15-6-2-1-3-7-15)24-20(21-14-16-8-5-13-27-16)22-19(23-24)17-9-4-12-26-17/h1-13H,14H2,(H,21,22,23)/b11-10+. The van der Waals surface area contributed by atoms with Gasteiger partial charge in [0.05, 0.1) is 12.8 Å². The zero-order valence-corrected chi connectivity index (χ0v) is 15.1. The van der Waals surface area contributed by atoms with Crippen LogP contribution in [0, 0.1) is 0 Å². The summed E-state index contributed by atoms with van der Waals surface area (Å²) < 4.78 is 6.61. The molecular weight excluding hydrogens is 360 g/mol. The molecular formula is C20H16N4O2S. The van der Waals surface area contributed by atoms with Crippen LogP contribution in [0.15, 0.2) is 76.7 Å². The van der Waals surface area contributed by atoms with E-state index < -0.39 is 0 Å². The highest BCUT2D eigenvalue weighted by Crippen LogP contribution is 2.19. The van der Waals surface area contributed by atoms with E-state index in [0.717, 1.165) is 10.4 Å². The molecule has 0 aliphatic rings. The summed E-state index contributed by atoms with van der Waals surface area (Å²) >= 11 is 1.63. The van der Waals surface area contributed by atoms with Crippen LogP contribution in [0.25, 0.3) is 17.7 Å². The predicted octanol–water partition coefficient (Wildman–Crippen LogP) is 4.57. The molecule has 3 heterocycles. The van der Waals surface area contributed by atoms with Crippen LogP contribution < -0.4 is 5.32 Å². The summed E-state index contributed by atoms with van der Waals surface area (Å²) in [5.74, 6) is 0.943. The van der Waals surface area contributed by atoms with Gasteiger partial charge in [0.25, 0.3) is 5.91 Å². The molecule has 0 spiro atoms. The monoisotopic (exact) mass is 376 g/mol. The maximum absolute atomic E-state index is 12.7. The second kappa shape index (κ2) is 7.84. The summed E-state index contributed by atoms with van der Waals surface area (Å²) in [5, 5.41) is 9.50. The van der Waals surface area contributed by atoms with Gasteiger partial charge in [-0.25, -0.2) is 0 Å². The first-order chi connectivity index (χ1) is 13.3. The Hall–Kier alpha value is -3.45. The fourth-order valence-electron chi connectivity index (χ4n) is 2.47. The third kappa shape index (κ3) is 4.04. The molecule has 0 aliphatic heterocycles. The van der Waals surface area contributed by atoms with Gasteiger partial charge in [-0.2, -0.15) is 9.67 Å². The molecule has 0 aliphatic carbocycles. The minimum atomic E-state index is -0.294. The molecule has 0 amide bonds. The summed E-state index contributed by atoms with van der Waals surface area (Å²) in [4.78, 5) is 18.2. The molecule has 0 bridgehead atoms. The lowest BCUT2D eigenvalue weighted by Gasteiger charge is -2.04. The van der Waals surface area contributed by atoms with E-state index in [2.05, 4.69) is 15.4 Å². The maximum atomic E-state index is 12.7. The van der Waals surface area contributed by atoms with Crippen molar-refractivity contribution in [3.63, 3.8) is 0 Å². The second-order valence-electron chi connectivity index (χ2n) is 5.66. The Morgan fingerprint density at radius 3 is 2.78 bits per heavy atom. The molecule has 4 aromatic rings. The highest BCUT2D eigenvalue weighted by Gasteiger charge is 2.17. The first-order valence-electron chi connectivity index (χ1n) is 8.34. The number of benzene rings is 1. The minimum absolute atomic E-state index is 0.294. The number of carbonyl (C=O) groups excluding carboxylic acids is 1. The van der Waals surface area contributed by atoms with Crippen LogP contribution in [0.3, 0.4) is 0 Å². The van der Waals surface area contributed by atoms with Gasteiger partial charge in [-0.3, -0.25) is 4.79 Å². The molecule has 6 nitrogen and oxygen atoms in total. The van der Waals surface area contributed by atoms with Crippen molar-refractivity contribution in [1.29, 1.82) is 0 Å². The van der Waals surface area contributed by atoms with E-state index in [1.54, 1.807) is 35.8 Å². The molecule has 3 aromatic heterocycles. The Morgan fingerprint density at radius 2 is 2.04 bits per heavy atom. The molecule has 1 N–H and O–H groups in total. The number of rotatable bonds is 6. The van der Waals surface area contributed by atoms with E-state index in [4.69, 9.17) is 4.42 Å². The maximum Gasteiger partial charge on any atom is 0.274 e. The molecule has 0 radical (unpaired) electrons. The third-order valence-electron chi connectivity index (χ3n) is 3.78. The van der Waals surface area contributed by atoms with Crippen LogP contribution in [-0.4, -0.2) is 20.7 Å². The topological polar surface area (TPSA) is 73.0 Å². The fourth-order valence-corrected chi connectivity index (χ4v) is 3.12. The van der Waals surface area contributed by atoms with E-state index in [-0.39, 0.29) is 5.91 Å². The van der Waals surface area contributed by atoms with Crippen LogP contribution in [0.2, 0.25) is 0 Å². The Kier molecular flexibility index (Phi) is 4.93. The number of hydrogen-bond donors (Lipinski definition) is 1. The summed E-state index contributed by atoms with van der Waals surface area (Å²) in [5.41, 5.74) is 0.935. The van der Waals surface area contributed by atoms with E-state index >= 15 is 0 Å². The van der Waals surface area contributed by atoms with Gasteiger partial charge in [0, 0.05) is 11.0 Å². The highest BCUT2D eigenvalue weighted by atomic mass is 32.1. The Balaban J connectivity index is 1.60. The van der Waals surface area contributed by atoms with Gasteiger partial charge in [0.15, 0.2) is 5.76 Å². The number of anilines is 1. The molecule has 0 fully saturated rings. The predicted molar refractivity (Wildman–Crippen MR) is 105 cm³/mol. The average molecular weight is 376 g/mol. The normalized spacial score (nSPS) is 11.1. The number of carbonyl (C=O) groups is 1. The van der Waals surface area contributed by atoms with Gasteiger partial charge in [-0.1, -0.05) is 36.4 Å². The smallest absolute Gasteiger partial charge is 0.274 e. The highest BCUT2D eigenvalue weighted by molar-refractivity contribution is 7.09. The lowest BCUT2D eigenvalue weighted by atomic mass is 10.2. The van der Waals surface area contributed by atoms with Gasteiger partial charge < -0.3 is 9.73 Å². The number of aromatic nitrogens is 3. The van der Waals surface area contributed by atoms with Crippen molar-refractivity contribution in [2.75, 3.05) is 5.32 Å². The van der Waals surface area contributed by atoms with E-state index in [1.165, 1.54) is 10.8 Å². The van der Waals surface area contributed by atoms with Crippen molar-refractivity contribution in [2.45, 2.75) is 6.54 Å². The number of nitrogens with one attached hydrogen (secondary N) is 1. The summed E-state index contributed by atoms with van der Waals surface area (Å²) in [6.45, 7) is 0.559. The largest absolute Gasteiger partial charge is 0.461 e. The molecule has 1 aromatic carbocycles. The zero-order chi connectivity index (χ0) is 18.5. The minimum Gasteiger partial charge on any atom is -0.461 e. The Morgan fingerprint density at radius 1 is 1.15 bits per heavy atom. The average Bonchev–Trinajstić information content (AvgIpc) is 3.46. The van der Waals surface area contributed by atoms with Gasteiger partial charge in [0.1, 0.15) is 0 Å². The molecule has 0 saturated heterocycles. The lowest BCUT2D eigenvalue weighted by molar-refractivity contribution is 0.0957. The van der Waals surface area contributed by atoms with E-state index in [0.29, 0.717) is 24.1 Å². The number of thiophene rings is 1. The quantitative estimate of drug-likeness (QED) is 0.499. The molecule has 134 valence electrons. The fraction of sp³-hybridized carbons (Fsp3) is 0.0500. The van der Waals surface area contributed by atoms with Crippen molar-refractivity contribution in [2.24, 2.45) is 0 Å². The Labute approximate surface area is 159 Å². The van der Waals surface area contributed by atoms with Crippen molar-refractivity contribution >= 4 is 29.3 Å². The molecule has 0 atom stereocenters. The number of nitrogens with zero attached hydrogens (tertiary/aromatic N) is 3. The number of hydrogen-bond acceptors (Lipinski definition) is 6. The van der Waals surface area contributed by atoms with Crippen LogP contribution in [-0.2, 0) is 6.54 Å². The van der Waals surface area contributed by atoms with Crippen LogP contribution in [0.4, 0.5) is 5.95 Å².